The number of hydrogen-bond acceptors (Lipinski definition) is 5. The number of halogens is 1. The molecule has 0 spiro atoms. The summed E-state index contributed by atoms with van der Waals surface area (Å²) in [5.41, 5.74) is 1.57. The maximum Gasteiger partial charge on any atom is 0.253 e. The van der Waals surface area contributed by atoms with Gasteiger partial charge in [-0.2, -0.15) is 0 Å². The molecule has 2 N–H and O–H groups in total. The van der Waals surface area contributed by atoms with E-state index in [0.717, 1.165) is 17.8 Å². The number of benzene rings is 1. The molecule has 0 aliphatic carbocycles. The predicted molar refractivity (Wildman–Crippen MR) is 111 cm³/mol. The van der Waals surface area contributed by atoms with Crippen LogP contribution >= 0.6 is 11.6 Å². The highest BCUT2D eigenvalue weighted by molar-refractivity contribution is 6.30. The van der Waals surface area contributed by atoms with Crippen molar-refractivity contribution >= 4 is 23.4 Å². The molecule has 0 saturated heterocycles. The number of pyridine rings is 1. The standard InChI is InChI=1S/C21H21ClN6O2/c22-16-5-3-14(4-6-16)9-11-24-21(30)17-7-8-18-26-27-19(28(17)18)13-25-20(29)15-2-1-10-23-12-15/h1-6,10,12,17H,7-9,11,13H2,(H,24,30)(H,25,29). The lowest BCUT2D eigenvalue weighted by Gasteiger charge is -2.15. The lowest BCUT2D eigenvalue weighted by molar-refractivity contribution is -0.124. The van der Waals surface area contributed by atoms with Gasteiger partial charge in [-0.3, -0.25) is 14.6 Å². The van der Waals surface area contributed by atoms with Crippen molar-refractivity contribution in [2.24, 2.45) is 0 Å². The molecule has 2 aromatic heterocycles. The molecule has 9 heteroatoms. The number of hydrogen-bond donors (Lipinski definition) is 2. The van der Waals surface area contributed by atoms with Gasteiger partial charge >= 0.3 is 0 Å². The van der Waals surface area contributed by atoms with Crippen molar-refractivity contribution in [3.63, 3.8) is 0 Å². The van der Waals surface area contributed by atoms with Gasteiger partial charge in [-0.05, 0) is 42.7 Å². The maximum atomic E-state index is 12.8. The minimum atomic E-state index is -0.370. The monoisotopic (exact) mass is 424 g/mol. The fraction of sp³-hybridized carbons (Fsp3) is 0.286. The first-order valence-electron chi connectivity index (χ1n) is 9.75. The summed E-state index contributed by atoms with van der Waals surface area (Å²) in [4.78, 5) is 29.0. The Hall–Kier alpha value is -3.26. The van der Waals surface area contributed by atoms with E-state index in [2.05, 4.69) is 25.8 Å². The van der Waals surface area contributed by atoms with Crippen LogP contribution in [-0.4, -0.2) is 38.1 Å². The Balaban J connectivity index is 1.35. The third-order valence-corrected chi connectivity index (χ3v) is 5.30. The summed E-state index contributed by atoms with van der Waals surface area (Å²) in [6.45, 7) is 0.719. The van der Waals surface area contributed by atoms with Gasteiger partial charge in [0.25, 0.3) is 5.91 Å². The van der Waals surface area contributed by atoms with Gasteiger partial charge in [-0.15, -0.1) is 10.2 Å². The minimum absolute atomic E-state index is 0.0673. The van der Waals surface area contributed by atoms with Crippen molar-refractivity contribution in [1.82, 2.24) is 30.4 Å². The molecule has 1 aliphatic heterocycles. The molecule has 3 heterocycles. The van der Waals surface area contributed by atoms with Crippen molar-refractivity contribution < 1.29 is 9.59 Å². The SMILES string of the molecule is O=C(NCc1nnc2n1C(C(=O)NCCc1ccc(Cl)cc1)CC2)c1cccnc1. The van der Waals surface area contributed by atoms with Crippen LogP contribution in [0.3, 0.4) is 0 Å². The smallest absolute Gasteiger partial charge is 0.253 e. The molecule has 4 rings (SSSR count). The van der Waals surface area contributed by atoms with Crippen LogP contribution in [-0.2, 0) is 24.2 Å². The third-order valence-electron chi connectivity index (χ3n) is 5.05. The molecule has 30 heavy (non-hydrogen) atoms. The Morgan fingerprint density at radius 1 is 1.13 bits per heavy atom. The normalized spacial score (nSPS) is 14.9. The Bertz CT molecular complexity index is 1040. The van der Waals surface area contributed by atoms with E-state index in [1.807, 2.05) is 28.8 Å². The molecule has 154 valence electrons. The van der Waals surface area contributed by atoms with Crippen LogP contribution in [0, 0.1) is 0 Å². The van der Waals surface area contributed by atoms with Gasteiger partial charge in [-0.25, -0.2) is 0 Å². The van der Waals surface area contributed by atoms with Crippen molar-refractivity contribution in [3.05, 3.63) is 76.6 Å². The van der Waals surface area contributed by atoms with E-state index in [-0.39, 0.29) is 24.4 Å². The summed E-state index contributed by atoms with van der Waals surface area (Å²) in [6, 6.07) is 10.6. The molecule has 8 nitrogen and oxygen atoms in total. The molecule has 1 unspecified atom stereocenters. The quantitative estimate of drug-likeness (QED) is 0.604. The molecule has 0 saturated carbocycles. The van der Waals surface area contributed by atoms with Gasteiger partial charge in [0.15, 0.2) is 5.82 Å². The van der Waals surface area contributed by atoms with E-state index in [9.17, 15) is 9.59 Å². The Morgan fingerprint density at radius 2 is 1.97 bits per heavy atom. The van der Waals surface area contributed by atoms with Crippen LogP contribution in [0.5, 0.6) is 0 Å². The fourth-order valence-corrected chi connectivity index (χ4v) is 3.64. The average Bonchev–Trinajstić information content (AvgIpc) is 3.36. The largest absolute Gasteiger partial charge is 0.354 e. The Kier molecular flexibility index (Phi) is 6.04. The first-order valence-corrected chi connectivity index (χ1v) is 10.1. The van der Waals surface area contributed by atoms with Gasteiger partial charge in [0.2, 0.25) is 5.91 Å². The van der Waals surface area contributed by atoms with E-state index in [0.29, 0.717) is 35.8 Å². The summed E-state index contributed by atoms with van der Waals surface area (Å²) in [6.07, 6.45) is 5.18. The molecule has 0 radical (unpaired) electrons. The summed E-state index contributed by atoms with van der Waals surface area (Å²) in [7, 11) is 0. The highest BCUT2D eigenvalue weighted by Crippen LogP contribution is 2.26. The first-order chi connectivity index (χ1) is 14.6. The zero-order chi connectivity index (χ0) is 20.9. The van der Waals surface area contributed by atoms with Crippen molar-refractivity contribution in [2.75, 3.05) is 6.54 Å². The molecule has 3 aromatic rings. The van der Waals surface area contributed by atoms with Gasteiger partial charge in [0.1, 0.15) is 11.9 Å². The van der Waals surface area contributed by atoms with E-state index >= 15 is 0 Å². The van der Waals surface area contributed by atoms with Crippen molar-refractivity contribution in [3.8, 4) is 0 Å². The van der Waals surface area contributed by atoms with E-state index in [1.165, 1.54) is 6.20 Å². The van der Waals surface area contributed by atoms with Crippen LogP contribution in [0.4, 0.5) is 0 Å². The van der Waals surface area contributed by atoms with Crippen LogP contribution in [0.25, 0.3) is 0 Å². The molecule has 0 bridgehead atoms. The molecule has 1 aromatic carbocycles. The van der Waals surface area contributed by atoms with E-state index in [1.54, 1.807) is 18.3 Å². The van der Waals surface area contributed by atoms with Crippen LogP contribution in [0.2, 0.25) is 5.02 Å². The lowest BCUT2D eigenvalue weighted by atomic mass is 10.1. The number of nitrogens with one attached hydrogen (secondary N) is 2. The third kappa shape index (κ3) is 4.49. The predicted octanol–water partition coefficient (Wildman–Crippen LogP) is 2.10. The number of aromatic nitrogens is 4. The second-order valence-corrected chi connectivity index (χ2v) is 7.49. The maximum absolute atomic E-state index is 12.8. The van der Waals surface area contributed by atoms with Gasteiger partial charge in [0.05, 0.1) is 12.1 Å². The Morgan fingerprint density at radius 3 is 2.73 bits per heavy atom. The van der Waals surface area contributed by atoms with E-state index < -0.39 is 0 Å². The number of amides is 2. The molecule has 1 atom stereocenters. The van der Waals surface area contributed by atoms with Crippen LogP contribution in [0.15, 0.2) is 48.8 Å². The zero-order valence-corrected chi connectivity index (χ0v) is 17.0. The topological polar surface area (TPSA) is 102 Å². The molecule has 1 aliphatic rings. The molecular weight excluding hydrogens is 404 g/mol. The number of rotatable bonds is 7. The lowest BCUT2D eigenvalue weighted by Crippen LogP contribution is -2.34. The van der Waals surface area contributed by atoms with E-state index in [4.69, 9.17) is 11.6 Å². The second kappa shape index (κ2) is 9.04. The molecule has 2 amide bonds. The molecule has 0 fully saturated rings. The second-order valence-electron chi connectivity index (χ2n) is 7.05. The summed E-state index contributed by atoms with van der Waals surface area (Å²) in [5.74, 6) is 1.01. The number of fused-ring (bicyclic) bond motifs is 1. The summed E-state index contributed by atoms with van der Waals surface area (Å²) in [5, 5.41) is 14.8. The number of carbonyl (C=O) groups is 2. The minimum Gasteiger partial charge on any atom is -0.354 e. The van der Waals surface area contributed by atoms with Crippen molar-refractivity contribution in [1.29, 1.82) is 0 Å². The zero-order valence-electron chi connectivity index (χ0n) is 16.2. The van der Waals surface area contributed by atoms with Crippen LogP contribution < -0.4 is 10.6 Å². The fourth-order valence-electron chi connectivity index (χ4n) is 3.51. The van der Waals surface area contributed by atoms with Gasteiger partial charge < -0.3 is 15.2 Å². The number of nitrogens with zero attached hydrogens (tertiary/aromatic N) is 4. The Labute approximate surface area is 178 Å². The number of aryl methyl sites for hydroxylation is 1. The van der Waals surface area contributed by atoms with Gasteiger partial charge in [0, 0.05) is 30.4 Å². The average molecular weight is 425 g/mol. The van der Waals surface area contributed by atoms with Crippen LogP contribution in [0.1, 0.15) is 40.0 Å². The highest BCUT2D eigenvalue weighted by Gasteiger charge is 2.32. The molecular formula is C21H21ClN6O2. The van der Waals surface area contributed by atoms with Gasteiger partial charge in [-0.1, -0.05) is 23.7 Å². The highest BCUT2D eigenvalue weighted by atomic mass is 35.5. The number of carbonyl (C=O) groups excluding carboxylic acids is 2. The summed E-state index contributed by atoms with van der Waals surface area (Å²) >= 11 is 5.90. The van der Waals surface area contributed by atoms with Crippen molar-refractivity contribution in [2.45, 2.75) is 31.8 Å². The summed E-state index contributed by atoms with van der Waals surface area (Å²) < 4.78 is 1.83. The first kappa shape index (κ1) is 20.0.